The van der Waals surface area contributed by atoms with Crippen molar-refractivity contribution < 1.29 is 0 Å². The van der Waals surface area contributed by atoms with Gasteiger partial charge >= 0.3 is 0 Å². The molecule has 0 unspecified atom stereocenters. The highest BCUT2D eigenvalue weighted by Gasteiger charge is 2.22. The van der Waals surface area contributed by atoms with Crippen LogP contribution < -0.4 is 10.2 Å². The van der Waals surface area contributed by atoms with Crippen molar-refractivity contribution in [1.29, 1.82) is 0 Å². The van der Waals surface area contributed by atoms with Gasteiger partial charge in [-0.05, 0) is 46.5 Å². The van der Waals surface area contributed by atoms with Gasteiger partial charge in [-0.15, -0.1) is 0 Å². The van der Waals surface area contributed by atoms with Gasteiger partial charge in [0, 0.05) is 36.5 Å². The summed E-state index contributed by atoms with van der Waals surface area (Å²) in [6.07, 6.45) is 6.77. The molecule has 3 rings (SSSR count). The lowest BCUT2D eigenvalue weighted by Gasteiger charge is -2.18. The van der Waals surface area contributed by atoms with Crippen molar-refractivity contribution in [3.05, 3.63) is 47.3 Å². The molecular weight excluding hydrogens is 316 g/mol. The molecule has 0 amide bonds. The van der Waals surface area contributed by atoms with Crippen LogP contribution in [0.3, 0.4) is 0 Å². The minimum Gasteiger partial charge on any atom is -0.370 e. The molecule has 2 aromatic heterocycles. The Morgan fingerprint density at radius 2 is 2.30 bits per heavy atom. The van der Waals surface area contributed by atoms with E-state index < -0.39 is 0 Å². The number of hydrogen-bond acceptors (Lipinski definition) is 4. The topological polar surface area (TPSA) is 41.1 Å². The quantitative estimate of drug-likeness (QED) is 0.933. The fourth-order valence-corrected chi connectivity index (χ4v) is 2.88. The predicted octanol–water partition coefficient (Wildman–Crippen LogP) is 3.18. The van der Waals surface area contributed by atoms with Crippen LogP contribution in [0.4, 0.5) is 11.5 Å². The smallest absolute Gasteiger partial charge is 0.125 e. The number of aromatic nitrogens is 2. The summed E-state index contributed by atoms with van der Waals surface area (Å²) in [6, 6.07) is 8.07. The maximum Gasteiger partial charge on any atom is 0.125 e. The van der Waals surface area contributed by atoms with Gasteiger partial charge in [0.2, 0.25) is 0 Å². The highest BCUT2D eigenvalue weighted by molar-refractivity contribution is 9.10. The Balaban J connectivity index is 1.55. The van der Waals surface area contributed by atoms with Crippen LogP contribution in [0, 0.1) is 5.92 Å². The normalized spacial score (nSPS) is 18.2. The number of rotatable bonds is 4. The minimum absolute atomic E-state index is 0.649. The van der Waals surface area contributed by atoms with Crippen molar-refractivity contribution >= 4 is 27.4 Å². The summed E-state index contributed by atoms with van der Waals surface area (Å²) in [5.74, 6) is 1.60. The molecular formula is C15H17BrN4. The van der Waals surface area contributed by atoms with Crippen LogP contribution in [-0.4, -0.2) is 29.6 Å². The lowest BCUT2D eigenvalue weighted by atomic mass is 10.1. The first kappa shape index (κ1) is 13.4. The van der Waals surface area contributed by atoms with Gasteiger partial charge in [0.05, 0.1) is 11.9 Å². The van der Waals surface area contributed by atoms with Crippen LogP contribution in [0.2, 0.25) is 0 Å². The molecule has 1 atom stereocenters. The highest BCUT2D eigenvalue weighted by Crippen LogP contribution is 2.25. The van der Waals surface area contributed by atoms with Crippen molar-refractivity contribution in [2.24, 2.45) is 5.92 Å². The Morgan fingerprint density at radius 3 is 3.10 bits per heavy atom. The van der Waals surface area contributed by atoms with Gasteiger partial charge in [-0.25, -0.2) is 4.98 Å². The average Bonchev–Trinajstić information content (AvgIpc) is 2.95. The van der Waals surface area contributed by atoms with Gasteiger partial charge in [-0.2, -0.15) is 0 Å². The zero-order valence-electron chi connectivity index (χ0n) is 11.2. The van der Waals surface area contributed by atoms with E-state index in [9.17, 15) is 0 Å². The number of pyridine rings is 2. The Hall–Kier alpha value is -1.62. The summed E-state index contributed by atoms with van der Waals surface area (Å²) in [4.78, 5) is 10.9. The van der Waals surface area contributed by atoms with Crippen LogP contribution in [-0.2, 0) is 0 Å². The molecule has 0 aromatic carbocycles. The Bertz CT molecular complexity index is 561. The minimum atomic E-state index is 0.649. The van der Waals surface area contributed by atoms with E-state index >= 15 is 0 Å². The molecule has 1 fully saturated rings. The second kappa shape index (κ2) is 6.22. The summed E-state index contributed by atoms with van der Waals surface area (Å²) in [5.41, 5.74) is 1.19. The first-order valence-corrected chi connectivity index (χ1v) is 7.61. The van der Waals surface area contributed by atoms with Crippen LogP contribution in [0.25, 0.3) is 0 Å². The lowest BCUT2D eigenvalue weighted by molar-refractivity contribution is 0.621. The van der Waals surface area contributed by atoms with Crippen molar-refractivity contribution in [2.45, 2.75) is 6.42 Å². The maximum absolute atomic E-state index is 4.29. The summed E-state index contributed by atoms with van der Waals surface area (Å²) in [5, 5.41) is 3.41. The van der Waals surface area contributed by atoms with Crippen LogP contribution in [0.1, 0.15) is 6.42 Å². The van der Waals surface area contributed by atoms with Crippen LogP contribution in [0.5, 0.6) is 0 Å². The second-order valence-electron chi connectivity index (χ2n) is 5.06. The number of halogens is 1. The zero-order valence-corrected chi connectivity index (χ0v) is 12.8. The van der Waals surface area contributed by atoms with Crippen LogP contribution >= 0.6 is 15.9 Å². The maximum atomic E-state index is 4.29. The fourth-order valence-electron chi connectivity index (χ4n) is 2.52. The predicted molar refractivity (Wildman–Crippen MR) is 85.0 cm³/mol. The van der Waals surface area contributed by atoms with E-state index in [0.717, 1.165) is 29.9 Å². The van der Waals surface area contributed by atoms with E-state index in [1.807, 2.05) is 36.8 Å². The molecule has 0 aliphatic carbocycles. The molecule has 4 nitrogen and oxygen atoms in total. The number of anilines is 2. The standard InChI is InChI=1S/C15H17BrN4/c16-13-7-14(10-17-9-13)20-6-4-12(11-20)8-19-15-3-1-2-5-18-15/h1-3,5,7,9-10,12H,4,6,8,11H2,(H,18,19)/t12-/m1/s1. The molecule has 0 spiro atoms. The molecule has 0 saturated carbocycles. The van der Waals surface area contributed by atoms with E-state index in [1.165, 1.54) is 12.1 Å². The van der Waals surface area contributed by atoms with Gasteiger partial charge in [0.25, 0.3) is 0 Å². The number of hydrogen-bond donors (Lipinski definition) is 1. The number of nitrogens with one attached hydrogen (secondary N) is 1. The molecule has 1 N–H and O–H groups in total. The van der Waals surface area contributed by atoms with Crippen LogP contribution in [0.15, 0.2) is 47.3 Å². The van der Waals surface area contributed by atoms with Gasteiger partial charge in [-0.1, -0.05) is 6.07 Å². The first-order chi connectivity index (χ1) is 9.81. The molecule has 1 saturated heterocycles. The Labute approximate surface area is 127 Å². The third-order valence-electron chi connectivity index (χ3n) is 3.58. The van der Waals surface area contributed by atoms with Gasteiger partial charge in [0.15, 0.2) is 0 Å². The van der Waals surface area contributed by atoms with Crippen molar-refractivity contribution in [1.82, 2.24) is 9.97 Å². The monoisotopic (exact) mass is 332 g/mol. The van der Waals surface area contributed by atoms with E-state index in [0.29, 0.717) is 5.92 Å². The SMILES string of the molecule is Brc1cncc(N2CC[C@H](CNc3ccccn3)C2)c1. The summed E-state index contributed by atoms with van der Waals surface area (Å²) < 4.78 is 1.03. The van der Waals surface area contributed by atoms with E-state index in [4.69, 9.17) is 0 Å². The third-order valence-corrected chi connectivity index (χ3v) is 4.01. The largest absolute Gasteiger partial charge is 0.370 e. The Morgan fingerprint density at radius 1 is 1.35 bits per heavy atom. The van der Waals surface area contributed by atoms with Gasteiger partial charge in [-0.3, -0.25) is 4.98 Å². The third kappa shape index (κ3) is 3.28. The molecule has 0 radical (unpaired) electrons. The molecule has 20 heavy (non-hydrogen) atoms. The molecule has 104 valence electrons. The highest BCUT2D eigenvalue weighted by atomic mass is 79.9. The fraction of sp³-hybridized carbons (Fsp3) is 0.333. The molecule has 0 bridgehead atoms. The average molecular weight is 333 g/mol. The van der Waals surface area contributed by atoms with E-state index in [-0.39, 0.29) is 0 Å². The summed E-state index contributed by atoms with van der Waals surface area (Å²) in [7, 11) is 0. The van der Waals surface area contributed by atoms with E-state index in [1.54, 1.807) is 0 Å². The lowest BCUT2D eigenvalue weighted by Crippen LogP contribution is -2.22. The van der Waals surface area contributed by atoms with Gasteiger partial charge in [0.1, 0.15) is 5.82 Å². The molecule has 1 aliphatic rings. The van der Waals surface area contributed by atoms with Crippen molar-refractivity contribution in [3.63, 3.8) is 0 Å². The van der Waals surface area contributed by atoms with Crippen molar-refractivity contribution in [3.8, 4) is 0 Å². The Kier molecular flexibility index (Phi) is 4.16. The first-order valence-electron chi connectivity index (χ1n) is 6.81. The van der Waals surface area contributed by atoms with E-state index in [2.05, 4.69) is 42.2 Å². The molecule has 3 heterocycles. The van der Waals surface area contributed by atoms with Gasteiger partial charge < -0.3 is 10.2 Å². The molecule has 2 aromatic rings. The van der Waals surface area contributed by atoms with Crippen molar-refractivity contribution in [2.75, 3.05) is 29.9 Å². The second-order valence-corrected chi connectivity index (χ2v) is 5.97. The number of nitrogens with zero attached hydrogens (tertiary/aromatic N) is 3. The zero-order chi connectivity index (χ0) is 13.8. The summed E-state index contributed by atoms with van der Waals surface area (Å²) in [6.45, 7) is 3.12. The summed E-state index contributed by atoms with van der Waals surface area (Å²) >= 11 is 3.48. The molecule has 5 heteroatoms. The molecule has 1 aliphatic heterocycles.